The van der Waals surface area contributed by atoms with E-state index in [4.69, 9.17) is 0 Å². The van der Waals surface area contributed by atoms with Gasteiger partial charge in [0.05, 0.1) is 4.90 Å². The van der Waals surface area contributed by atoms with Gasteiger partial charge in [-0.15, -0.1) is 0 Å². The Balaban J connectivity index is 1.70. The van der Waals surface area contributed by atoms with Crippen molar-refractivity contribution < 1.29 is 13.2 Å². The van der Waals surface area contributed by atoms with Gasteiger partial charge in [0.25, 0.3) is 0 Å². The molecule has 1 saturated heterocycles. The number of carbonyl (C=O) groups excluding carboxylic acids is 1. The highest BCUT2D eigenvalue weighted by Gasteiger charge is 2.27. The second-order valence-corrected chi connectivity index (χ2v) is 8.59. The van der Waals surface area contributed by atoms with E-state index in [-0.39, 0.29) is 10.8 Å². The second kappa shape index (κ2) is 7.85. The number of nitrogens with zero attached hydrogens (tertiary/aromatic N) is 1. The molecule has 0 radical (unpaired) electrons. The van der Waals surface area contributed by atoms with Crippen molar-refractivity contribution in [3.8, 4) is 0 Å². The number of amides is 1. The van der Waals surface area contributed by atoms with Gasteiger partial charge in [-0.05, 0) is 62.4 Å². The topological polar surface area (TPSA) is 78.5 Å². The molecule has 2 aliphatic rings. The summed E-state index contributed by atoms with van der Waals surface area (Å²) >= 11 is 0. The molecule has 1 fully saturated rings. The highest BCUT2D eigenvalue weighted by molar-refractivity contribution is 7.89. The number of piperidine rings is 1. The molecule has 2 aliphatic heterocycles. The first-order chi connectivity index (χ1) is 12.0. The first-order valence-corrected chi connectivity index (χ1v) is 10.6. The molecular formula is C18H27N3O3S. The number of sulfonamides is 1. The van der Waals surface area contributed by atoms with Crippen LogP contribution in [0.2, 0.25) is 0 Å². The zero-order valence-corrected chi connectivity index (χ0v) is 15.6. The van der Waals surface area contributed by atoms with Crippen LogP contribution in [-0.4, -0.2) is 40.5 Å². The summed E-state index contributed by atoms with van der Waals surface area (Å²) in [5, 5.41) is 3.34. The molecule has 1 amide bonds. The number of rotatable bonds is 6. The Labute approximate surface area is 150 Å². The van der Waals surface area contributed by atoms with Gasteiger partial charge in [-0.25, -0.2) is 13.1 Å². The molecule has 0 aliphatic carbocycles. The van der Waals surface area contributed by atoms with Crippen LogP contribution in [0.1, 0.15) is 38.2 Å². The quantitative estimate of drug-likeness (QED) is 0.804. The van der Waals surface area contributed by atoms with Crippen molar-refractivity contribution in [3.05, 3.63) is 23.8 Å². The summed E-state index contributed by atoms with van der Waals surface area (Å²) in [6.07, 6.45) is 4.51. The maximum atomic E-state index is 12.7. The Hall–Kier alpha value is -1.44. The van der Waals surface area contributed by atoms with Crippen LogP contribution in [0.25, 0.3) is 0 Å². The number of hydrogen-bond donors (Lipinski definition) is 2. The molecule has 2 heterocycles. The van der Waals surface area contributed by atoms with Gasteiger partial charge in [-0.1, -0.05) is 13.0 Å². The average Bonchev–Trinajstić information content (AvgIpc) is 3.04. The number of hydrogen-bond acceptors (Lipinski definition) is 4. The minimum Gasteiger partial charge on any atom is -0.317 e. The Bertz CT molecular complexity index is 727. The predicted molar refractivity (Wildman–Crippen MR) is 98.2 cm³/mol. The average molecular weight is 365 g/mol. The summed E-state index contributed by atoms with van der Waals surface area (Å²) in [6.45, 7) is 4.82. The summed E-state index contributed by atoms with van der Waals surface area (Å²) in [5.41, 5.74) is 1.81. The molecule has 0 spiro atoms. The van der Waals surface area contributed by atoms with Crippen molar-refractivity contribution in [1.29, 1.82) is 0 Å². The van der Waals surface area contributed by atoms with Crippen molar-refractivity contribution in [1.82, 2.24) is 10.0 Å². The van der Waals surface area contributed by atoms with Crippen LogP contribution < -0.4 is 14.9 Å². The SMILES string of the molecule is CCNS(=O)(=O)c1ccc2c(c1)N(C(=O)CCC1CCNCC1)CC2. The molecule has 138 valence electrons. The Morgan fingerprint density at radius 3 is 2.80 bits per heavy atom. The maximum absolute atomic E-state index is 12.7. The van der Waals surface area contributed by atoms with Gasteiger partial charge < -0.3 is 10.2 Å². The minimum absolute atomic E-state index is 0.107. The Morgan fingerprint density at radius 2 is 2.08 bits per heavy atom. The van der Waals surface area contributed by atoms with Crippen molar-refractivity contribution in [2.45, 2.75) is 43.9 Å². The van der Waals surface area contributed by atoms with Crippen LogP contribution in [0.4, 0.5) is 5.69 Å². The number of nitrogens with one attached hydrogen (secondary N) is 2. The molecule has 1 aromatic carbocycles. The van der Waals surface area contributed by atoms with Crippen LogP contribution in [-0.2, 0) is 21.2 Å². The lowest BCUT2D eigenvalue weighted by atomic mass is 9.93. The Morgan fingerprint density at radius 1 is 1.32 bits per heavy atom. The first-order valence-electron chi connectivity index (χ1n) is 9.15. The Kier molecular flexibility index (Phi) is 5.76. The van der Waals surface area contributed by atoms with Gasteiger partial charge in [0.2, 0.25) is 15.9 Å². The van der Waals surface area contributed by atoms with E-state index >= 15 is 0 Å². The fourth-order valence-electron chi connectivity index (χ4n) is 3.69. The van der Waals surface area contributed by atoms with Crippen LogP contribution in [0.15, 0.2) is 23.1 Å². The van der Waals surface area contributed by atoms with Crippen molar-refractivity contribution >= 4 is 21.6 Å². The zero-order chi connectivity index (χ0) is 17.9. The molecule has 2 N–H and O–H groups in total. The summed E-state index contributed by atoms with van der Waals surface area (Å²) in [4.78, 5) is 14.7. The van der Waals surface area contributed by atoms with E-state index in [2.05, 4.69) is 10.0 Å². The molecule has 0 unspecified atom stereocenters. The number of benzene rings is 1. The molecule has 6 nitrogen and oxygen atoms in total. The van der Waals surface area contributed by atoms with Crippen LogP contribution >= 0.6 is 0 Å². The van der Waals surface area contributed by atoms with Gasteiger partial charge >= 0.3 is 0 Å². The number of anilines is 1. The smallest absolute Gasteiger partial charge is 0.240 e. The number of carbonyl (C=O) groups is 1. The van der Waals surface area contributed by atoms with E-state index in [0.29, 0.717) is 25.4 Å². The lowest BCUT2D eigenvalue weighted by molar-refractivity contribution is -0.118. The molecule has 1 aromatic rings. The number of fused-ring (bicyclic) bond motifs is 1. The monoisotopic (exact) mass is 365 g/mol. The van der Waals surface area contributed by atoms with E-state index in [1.165, 1.54) is 0 Å². The lowest BCUT2D eigenvalue weighted by Gasteiger charge is -2.24. The summed E-state index contributed by atoms with van der Waals surface area (Å²) in [5.74, 6) is 0.725. The largest absolute Gasteiger partial charge is 0.317 e. The van der Waals surface area contributed by atoms with Crippen molar-refractivity contribution in [2.75, 3.05) is 31.1 Å². The van der Waals surface area contributed by atoms with E-state index in [0.717, 1.165) is 50.0 Å². The first kappa shape index (κ1) is 18.4. The van der Waals surface area contributed by atoms with E-state index < -0.39 is 10.0 Å². The molecule has 0 saturated carbocycles. The van der Waals surface area contributed by atoms with Crippen LogP contribution in [0, 0.1) is 5.92 Å². The molecule has 0 aromatic heterocycles. The summed E-state index contributed by atoms with van der Waals surface area (Å²) in [6, 6.07) is 5.10. The maximum Gasteiger partial charge on any atom is 0.240 e. The second-order valence-electron chi connectivity index (χ2n) is 6.82. The van der Waals surface area contributed by atoms with Crippen molar-refractivity contribution in [3.63, 3.8) is 0 Å². The van der Waals surface area contributed by atoms with E-state index in [1.807, 2.05) is 6.07 Å². The van der Waals surface area contributed by atoms with Gasteiger partial charge in [-0.3, -0.25) is 4.79 Å². The highest BCUT2D eigenvalue weighted by atomic mass is 32.2. The fraction of sp³-hybridized carbons (Fsp3) is 0.611. The third-order valence-electron chi connectivity index (χ3n) is 5.12. The van der Waals surface area contributed by atoms with E-state index in [1.54, 1.807) is 24.0 Å². The summed E-state index contributed by atoms with van der Waals surface area (Å²) in [7, 11) is -3.51. The van der Waals surface area contributed by atoms with Gasteiger partial charge in [-0.2, -0.15) is 0 Å². The summed E-state index contributed by atoms with van der Waals surface area (Å²) < 4.78 is 26.9. The highest BCUT2D eigenvalue weighted by Crippen LogP contribution is 2.31. The van der Waals surface area contributed by atoms with Crippen LogP contribution in [0.3, 0.4) is 0 Å². The van der Waals surface area contributed by atoms with Gasteiger partial charge in [0.15, 0.2) is 0 Å². The van der Waals surface area contributed by atoms with Crippen LogP contribution in [0.5, 0.6) is 0 Å². The molecule has 7 heteroatoms. The molecular weight excluding hydrogens is 338 g/mol. The lowest BCUT2D eigenvalue weighted by Crippen LogP contribution is -2.31. The van der Waals surface area contributed by atoms with Crippen molar-refractivity contribution in [2.24, 2.45) is 5.92 Å². The zero-order valence-electron chi connectivity index (χ0n) is 14.8. The standard InChI is InChI=1S/C18H27N3O3S/c1-2-20-25(23,24)16-5-4-15-9-12-21(17(15)13-16)18(22)6-3-14-7-10-19-11-8-14/h4-5,13-14,19-20H,2-3,6-12H2,1H3. The molecule has 25 heavy (non-hydrogen) atoms. The minimum atomic E-state index is -3.51. The molecule has 0 atom stereocenters. The third kappa shape index (κ3) is 4.22. The van der Waals surface area contributed by atoms with E-state index in [9.17, 15) is 13.2 Å². The normalized spacial score (nSPS) is 18.4. The third-order valence-corrected chi connectivity index (χ3v) is 6.67. The molecule has 3 rings (SSSR count). The molecule has 0 bridgehead atoms. The fourth-order valence-corrected chi connectivity index (χ4v) is 4.75. The van der Waals surface area contributed by atoms with Gasteiger partial charge in [0, 0.05) is 25.2 Å². The van der Waals surface area contributed by atoms with Gasteiger partial charge in [0.1, 0.15) is 0 Å². The predicted octanol–water partition coefficient (Wildman–Crippen LogP) is 1.65.